The fourth-order valence-corrected chi connectivity index (χ4v) is 3.69. The Morgan fingerprint density at radius 3 is 2.14 bits per heavy atom. The summed E-state index contributed by atoms with van der Waals surface area (Å²) in [7, 11) is 0. The number of nitrogens with one attached hydrogen (secondary N) is 1. The summed E-state index contributed by atoms with van der Waals surface area (Å²) in [6, 6.07) is 6.29. The molecule has 1 aromatic carbocycles. The molecule has 3 amide bonds. The van der Waals surface area contributed by atoms with Gasteiger partial charge in [-0.05, 0) is 44.0 Å². The average Bonchev–Trinajstić information content (AvgIpc) is 2.92. The Kier molecular flexibility index (Phi) is 5.87. The molecule has 0 unspecified atom stereocenters. The number of hydrogen-bond donors (Lipinski definition) is 1. The van der Waals surface area contributed by atoms with Gasteiger partial charge in [-0.15, -0.1) is 0 Å². The third kappa shape index (κ3) is 4.27. The molecule has 1 saturated carbocycles. The fraction of sp³-hybridized carbons (Fsp3) is 0.450. The van der Waals surface area contributed by atoms with Gasteiger partial charge in [0.05, 0.1) is 11.8 Å². The van der Waals surface area contributed by atoms with Crippen molar-refractivity contribution >= 4 is 35.2 Å². The van der Waals surface area contributed by atoms with E-state index in [1.807, 2.05) is 0 Å². The fourth-order valence-electron chi connectivity index (χ4n) is 3.69. The molecule has 0 spiro atoms. The first-order valence-electron chi connectivity index (χ1n) is 9.28. The lowest BCUT2D eigenvalue weighted by atomic mass is 9.81. The van der Waals surface area contributed by atoms with Gasteiger partial charge >= 0.3 is 5.97 Å². The lowest BCUT2D eigenvalue weighted by Crippen LogP contribution is -2.37. The summed E-state index contributed by atoms with van der Waals surface area (Å²) in [4.78, 5) is 60.7. The van der Waals surface area contributed by atoms with Gasteiger partial charge in [0, 0.05) is 11.3 Å². The van der Waals surface area contributed by atoms with Crippen LogP contribution in [0.1, 0.15) is 43.0 Å². The van der Waals surface area contributed by atoms with E-state index < -0.39 is 25.0 Å². The molecule has 1 aromatic rings. The molecule has 1 saturated heterocycles. The van der Waals surface area contributed by atoms with Gasteiger partial charge in [-0.25, -0.2) is 0 Å². The van der Waals surface area contributed by atoms with E-state index in [1.165, 1.54) is 6.92 Å². The third-order valence-electron chi connectivity index (χ3n) is 5.16. The largest absolute Gasteiger partial charge is 0.454 e. The zero-order valence-corrected chi connectivity index (χ0v) is 15.6. The van der Waals surface area contributed by atoms with Crippen LogP contribution < -0.4 is 5.32 Å². The average molecular weight is 386 g/mol. The number of anilines is 1. The van der Waals surface area contributed by atoms with Gasteiger partial charge in [0.1, 0.15) is 6.54 Å². The predicted molar refractivity (Wildman–Crippen MR) is 98.2 cm³/mol. The maximum absolute atomic E-state index is 12.3. The van der Waals surface area contributed by atoms with Gasteiger partial charge in [-0.1, -0.05) is 12.8 Å². The van der Waals surface area contributed by atoms with Gasteiger partial charge in [-0.2, -0.15) is 0 Å². The van der Waals surface area contributed by atoms with Crippen LogP contribution >= 0.6 is 0 Å². The van der Waals surface area contributed by atoms with E-state index in [0.717, 1.165) is 17.7 Å². The first-order valence-corrected chi connectivity index (χ1v) is 9.28. The maximum atomic E-state index is 12.3. The predicted octanol–water partition coefficient (Wildman–Crippen LogP) is 1.55. The van der Waals surface area contributed by atoms with Crippen molar-refractivity contribution in [1.29, 1.82) is 0 Å². The number of ketones is 1. The molecule has 28 heavy (non-hydrogen) atoms. The van der Waals surface area contributed by atoms with Crippen LogP contribution in [0.2, 0.25) is 0 Å². The standard InChI is InChI=1S/C20H22N2O6/c1-12(23)13-6-8-14(9-7-13)21-17(24)11-28-18(25)10-22-19(26)15-4-2-3-5-16(15)20(22)27/h6-9,15-16H,2-5,10-11H2,1H3,(H,21,24)/t15-,16-/m0/s1. The minimum absolute atomic E-state index is 0.0855. The molecule has 0 radical (unpaired) electrons. The van der Waals surface area contributed by atoms with Crippen molar-refractivity contribution in [1.82, 2.24) is 4.90 Å². The molecule has 0 bridgehead atoms. The summed E-state index contributed by atoms with van der Waals surface area (Å²) in [5.41, 5.74) is 0.977. The van der Waals surface area contributed by atoms with Crippen molar-refractivity contribution in [2.45, 2.75) is 32.6 Å². The lowest BCUT2D eigenvalue weighted by Gasteiger charge is -2.19. The molecule has 2 atom stereocenters. The Morgan fingerprint density at radius 2 is 1.61 bits per heavy atom. The SMILES string of the molecule is CC(=O)c1ccc(NC(=O)COC(=O)CN2C(=O)[C@H]3CCCC[C@@H]3C2=O)cc1. The third-order valence-corrected chi connectivity index (χ3v) is 5.16. The van der Waals surface area contributed by atoms with Crippen LogP contribution in [0.5, 0.6) is 0 Å². The number of carbonyl (C=O) groups excluding carboxylic acids is 5. The van der Waals surface area contributed by atoms with E-state index in [9.17, 15) is 24.0 Å². The van der Waals surface area contributed by atoms with Crippen molar-refractivity contribution < 1.29 is 28.7 Å². The summed E-state index contributed by atoms with van der Waals surface area (Å²) in [5.74, 6) is -2.73. The van der Waals surface area contributed by atoms with Crippen LogP contribution in [0, 0.1) is 11.8 Å². The zero-order chi connectivity index (χ0) is 20.3. The smallest absolute Gasteiger partial charge is 0.326 e. The Morgan fingerprint density at radius 1 is 1.04 bits per heavy atom. The first-order chi connectivity index (χ1) is 13.4. The number of carbonyl (C=O) groups is 5. The van der Waals surface area contributed by atoms with E-state index in [4.69, 9.17) is 4.74 Å². The zero-order valence-electron chi connectivity index (χ0n) is 15.6. The Labute approximate surface area is 162 Å². The second kappa shape index (κ2) is 8.33. The molecule has 1 aliphatic carbocycles. The summed E-state index contributed by atoms with van der Waals surface area (Å²) in [6.45, 7) is 0.444. The van der Waals surface area contributed by atoms with Gasteiger partial charge in [-0.3, -0.25) is 28.9 Å². The van der Waals surface area contributed by atoms with Crippen molar-refractivity contribution in [3.63, 3.8) is 0 Å². The molecular formula is C20H22N2O6. The number of hydrogen-bond acceptors (Lipinski definition) is 6. The molecule has 2 fully saturated rings. The Hall–Kier alpha value is -3.03. The van der Waals surface area contributed by atoms with Crippen molar-refractivity contribution in [3.05, 3.63) is 29.8 Å². The quantitative estimate of drug-likeness (QED) is 0.451. The van der Waals surface area contributed by atoms with Crippen LogP contribution in [-0.4, -0.2) is 47.5 Å². The highest BCUT2D eigenvalue weighted by atomic mass is 16.5. The van der Waals surface area contributed by atoms with Crippen molar-refractivity contribution in [2.24, 2.45) is 11.8 Å². The highest BCUT2D eigenvalue weighted by Gasteiger charge is 2.48. The number of nitrogens with zero attached hydrogens (tertiary/aromatic N) is 1. The summed E-state index contributed by atoms with van der Waals surface area (Å²) >= 11 is 0. The molecule has 8 heteroatoms. The number of likely N-dealkylation sites (tertiary alicyclic amines) is 1. The number of amides is 3. The molecule has 2 aliphatic rings. The van der Waals surface area contributed by atoms with Gasteiger partial charge in [0.25, 0.3) is 5.91 Å². The monoisotopic (exact) mass is 386 g/mol. The van der Waals surface area contributed by atoms with Crippen LogP contribution in [0.15, 0.2) is 24.3 Å². The maximum Gasteiger partial charge on any atom is 0.326 e. The Bertz CT molecular complexity index is 792. The normalized spacial score (nSPS) is 21.2. The minimum atomic E-state index is -0.803. The molecule has 1 heterocycles. The number of esters is 1. The van der Waals surface area contributed by atoms with Crippen molar-refractivity contribution in [2.75, 3.05) is 18.5 Å². The second-order valence-corrected chi connectivity index (χ2v) is 7.10. The minimum Gasteiger partial charge on any atom is -0.454 e. The topological polar surface area (TPSA) is 110 Å². The molecule has 1 N–H and O–H groups in total. The highest BCUT2D eigenvalue weighted by Crippen LogP contribution is 2.37. The van der Waals surface area contributed by atoms with Crippen LogP contribution in [-0.2, 0) is 23.9 Å². The summed E-state index contributed by atoms with van der Waals surface area (Å²) < 4.78 is 4.90. The van der Waals surface area contributed by atoms with Gasteiger partial charge in [0.15, 0.2) is 12.4 Å². The number of imide groups is 1. The number of ether oxygens (including phenoxy) is 1. The number of Topliss-reactive ketones (excluding diaryl/α,β-unsaturated/α-hetero) is 1. The van der Waals surface area contributed by atoms with E-state index in [2.05, 4.69) is 5.32 Å². The molecule has 8 nitrogen and oxygen atoms in total. The van der Waals surface area contributed by atoms with E-state index >= 15 is 0 Å². The highest BCUT2D eigenvalue weighted by molar-refractivity contribution is 6.07. The van der Waals surface area contributed by atoms with Crippen LogP contribution in [0.4, 0.5) is 5.69 Å². The number of rotatable bonds is 6. The van der Waals surface area contributed by atoms with Gasteiger partial charge < -0.3 is 10.1 Å². The second-order valence-electron chi connectivity index (χ2n) is 7.10. The van der Waals surface area contributed by atoms with E-state index in [0.29, 0.717) is 24.1 Å². The summed E-state index contributed by atoms with van der Waals surface area (Å²) in [5, 5.41) is 2.54. The molecule has 148 valence electrons. The van der Waals surface area contributed by atoms with Crippen LogP contribution in [0.25, 0.3) is 0 Å². The molecule has 0 aromatic heterocycles. The number of fused-ring (bicyclic) bond motifs is 1. The van der Waals surface area contributed by atoms with E-state index in [1.54, 1.807) is 24.3 Å². The molecular weight excluding hydrogens is 364 g/mol. The lowest BCUT2D eigenvalue weighted by molar-refractivity contribution is -0.154. The van der Waals surface area contributed by atoms with Crippen molar-refractivity contribution in [3.8, 4) is 0 Å². The molecule has 3 rings (SSSR count). The summed E-state index contributed by atoms with van der Waals surface area (Å²) in [6.07, 6.45) is 3.16. The molecule has 1 aliphatic heterocycles. The first kappa shape index (κ1) is 19.7. The van der Waals surface area contributed by atoms with Crippen LogP contribution in [0.3, 0.4) is 0 Å². The van der Waals surface area contributed by atoms with Gasteiger partial charge in [0.2, 0.25) is 11.8 Å². The van der Waals surface area contributed by atoms with E-state index in [-0.39, 0.29) is 29.4 Å². The Balaban J connectivity index is 1.47. The number of benzene rings is 1.